The zero-order valence-electron chi connectivity index (χ0n) is 22.9. The minimum Gasteiger partial charge on any atom is -0.369 e. The molecule has 198 valence electrons. The van der Waals surface area contributed by atoms with Crippen molar-refractivity contribution in [3.63, 3.8) is 0 Å². The Morgan fingerprint density at radius 3 is 2.56 bits per heavy atom. The van der Waals surface area contributed by atoms with Gasteiger partial charge >= 0.3 is 0 Å². The molecule has 0 N–H and O–H groups in total. The van der Waals surface area contributed by atoms with Gasteiger partial charge in [-0.3, -0.25) is 9.69 Å². The van der Waals surface area contributed by atoms with Crippen LogP contribution in [0.15, 0.2) is 66.7 Å². The second kappa shape index (κ2) is 10.6. The minimum atomic E-state index is 0.125. The third-order valence-corrected chi connectivity index (χ3v) is 8.39. The minimum absolute atomic E-state index is 0.125. The van der Waals surface area contributed by atoms with Gasteiger partial charge in [-0.25, -0.2) is 0 Å². The first kappa shape index (κ1) is 25.2. The van der Waals surface area contributed by atoms with E-state index in [1.807, 2.05) is 23.1 Å². The van der Waals surface area contributed by atoms with E-state index in [0.29, 0.717) is 6.54 Å². The molecule has 1 aromatic heterocycles. The summed E-state index contributed by atoms with van der Waals surface area (Å²) in [7, 11) is 0. The molecule has 0 aliphatic carbocycles. The maximum absolute atomic E-state index is 13.8. The van der Waals surface area contributed by atoms with Gasteiger partial charge in [-0.2, -0.15) is 5.26 Å². The van der Waals surface area contributed by atoms with Crippen LogP contribution in [0.2, 0.25) is 0 Å². The number of carbonyl (C=O) groups is 1. The quantitative estimate of drug-likeness (QED) is 0.359. The third-order valence-electron chi connectivity index (χ3n) is 8.39. The Hall–Kier alpha value is -4.08. The number of aryl methyl sites for hydroxylation is 2. The number of benzene rings is 3. The summed E-state index contributed by atoms with van der Waals surface area (Å²) in [6, 6.07) is 25.2. The van der Waals surface area contributed by atoms with Crippen LogP contribution in [0.4, 0.5) is 5.69 Å². The van der Waals surface area contributed by atoms with Crippen LogP contribution in [0, 0.1) is 25.2 Å². The van der Waals surface area contributed by atoms with Crippen LogP contribution in [0.25, 0.3) is 10.9 Å². The molecule has 2 aliphatic heterocycles. The topological polar surface area (TPSA) is 55.5 Å². The molecule has 2 aliphatic rings. The fourth-order valence-electron chi connectivity index (χ4n) is 6.25. The van der Waals surface area contributed by atoms with E-state index in [1.165, 1.54) is 27.7 Å². The molecule has 6 heteroatoms. The number of anilines is 1. The van der Waals surface area contributed by atoms with Crippen LogP contribution in [0.3, 0.4) is 0 Å². The molecule has 6 nitrogen and oxygen atoms in total. The van der Waals surface area contributed by atoms with Gasteiger partial charge in [-0.1, -0.05) is 36.4 Å². The summed E-state index contributed by atoms with van der Waals surface area (Å²) in [6.07, 6.45) is 1.04. The standard InChI is InChI=1S/C33H35N5O/c1-24-18-25(2)30(33(39)37-16-17-38-29(23-37)19-26-8-3-6-11-32(26)38)20-28(24)22-35-12-7-13-36(15-14-35)31-10-5-4-9-27(31)21-34/h3-6,8-11,18-20H,7,12-17,22-23H2,1-2H3. The van der Waals surface area contributed by atoms with Gasteiger partial charge in [0.2, 0.25) is 0 Å². The lowest BCUT2D eigenvalue weighted by molar-refractivity contribution is 0.0711. The van der Waals surface area contributed by atoms with Crippen molar-refractivity contribution in [2.75, 3.05) is 37.6 Å². The van der Waals surface area contributed by atoms with Crippen LogP contribution in [0.1, 0.15) is 44.7 Å². The summed E-state index contributed by atoms with van der Waals surface area (Å²) in [5.74, 6) is 0.125. The molecule has 3 heterocycles. The number of nitrogens with zero attached hydrogens (tertiary/aromatic N) is 5. The zero-order valence-corrected chi connectivity index (χ0v) is 22.9. The molecule has 3 aromatic carbocycles. The lowest BCUT2D eigenvalue weighted by Crippen LogP contribution is -2.38. The highest BCUT2D eigenvalue weighted by Gasteiger charge is 2.25. The van der Waals surface area contributed by atoms with Gasteiger partial charge in [0.05, 0.1) is 17.8 Å². The first-order valence-electron chi connectivity index (χ1n) is 13.9. The van der Waals surface area contributed by atoms with E-state index >= 15 is 0 Å². The normalized spacial score (nSPS) is 16.1. The van der Waals surface area contributed by atoms with Gasteiger partial charge in [0.15, 0.2) is 0 Å². The zero-order chi connectivity index (χ0) is 26.9. The second-order valence-electron chi connectivity index (χ2n) is 10.9. The van der Waals surface area contributed by atoms with Gasteiger partial charge in [0.25, 0.3) is 5.91 Å². The maximum atomic E-state index is 13.8. The molecule has 0 saturated carbocycles. The van der Waals surface area contributed by atoms with Crippen molar-refractivity contribution in [1.29, 1.82) is 5.26 Å². The molecule has 39 heavy (non-hydrogen) atoms. The van der Waals surface area contributed by atoms with Crippen molar-refractivity contribution < 1.29 is 4.79 Å². The first-order valence-corrected chi connectivity index (χ1v) is 13.9. The molecule has 0 unspecified atom stereocenters. The Morgan fingerprint density at radius 1 is 0.872 bits per heavy atom. The van der Waals surface area contributed by atoms with E-state index in [-0.39, 0.29) is 5.91 Å². The molecule has 0 radical (unpaired) electrons. The van der Waals surface area contributed by atoms with E-state index < -0.39 is 0 Å². The number of amides is 1. The molecule has 1 saturated heterocycles. The van der Waals surface area contributed by atoms with E-state index in [2.05, 4.69) is 82.8 Å². The van der Waals surface area contributed by atoms with Crippen LogP contribution in [-0.2, 0) is 19.6 Å². The predicted octanol–water partition coefficient (Wildman–Crippen LogP) is 5.50. The van der Waals surface area contributed by atoms with E-state index in [1.54, 1.807) is 0 Å². The molecule has 4 aromatic rings. The third kappa shape index (κ3) is 4.91. The van der Waals surface area contributed by atoms with Crippen molar-refractivity contribution in [3.8, 4) is 6.07 Å². The monoisotopic (exact) mass is 517 g/mol. The summed E-state index contributed by atoms with van der Waals surface area (Å²) in [6.45, 7) is 11.0. The van der Waals surface area contributed by atoms with Crippen LogP contribution >= 0.6 is 0 Å². The number of carbonyl (C=O) groups excluding carboxylic acids is 1. The highest BCUT2D eigenvalue weighted by molar-refractivity contribution is 5.96. The van der Waals surface area contributed by atoms with Gasteiger partial charge in [-0.15, -0.1) is 0 Å². The maximum Gasteiger partial charge on any atom is 0.254 e. The van der Waals surface area contributed by atoms with E-state index in [9.17, 15) is 10.1 Å². The summed E-state index contributed by atoms with van der Waals surface area (Å²) in [5.41, 5.74) is 8.54. The molecule has 1 fully saturated rings. The Balaban J connectivity index is 1.17. The van der Waals surface area contributed by atoms with Crippen molar-refractivity contribution in [1.82, 2.24) is 14.4 Å². The fraction of sp³-hybridized carbons (Fsp3) is 0.333. The van der Waals surface area contributed by atoms with Crippen molar-refractivity contribution in [2.45, 2.75) is 39.9 Å². The average molecular weight is 518 g/mol. The van der Waals surface area contributed by atoms with Crippen LogP contribution in [0.5, 0.6) is 0 Å². The van der Waals surface area contributed by atoms with E-state index in [0.717, 1.165) is 74.6 Å². The molecular weight excluding hydrogens is 482 g/mol. The summed E-state index contributed by atoms with van der Waals surface area (Å²) in [4.78, 5) is 20.6. The Labute approximate surface area is 230 Å². The number of nitriles is 1. The first-order chi connectivity index (χ1) is 19.0. The lowest BCUT2D eigenvalue weighted by Gasteiger charge is -2.30. The second-order valence-corrected chi connectivity index (χ2v) is 10.9. The molecule has 0 atom stereocenters. The van der Waals surface area contributed by atoms with Gasteiger partial charge < -0.3 is 14.4 Å². The average Bonchev–Trinajstić information content (AvgIpc) is 3.17. The SMILES string of the molecule is Cc1cc(C)c(C(=O)N2CCn3c(cc4ccccc43)C2)cc1CN1CCCN(c2ccccc2C#N)CC1. The fourth-order valence-corrected chi connectivity index (χ4v) is 6.25. The smallest absolute Gasteiger partial charge is 0.254 e. The Kier molecular flexibility index (Phi) is 6.85. The number of para-hydroxylation sites is 2. The van der Waals surface area contributed by atoms with Crippen LogP contribution in [-0.4, -0.2) is 53.0 Å². The Morgan fingerprint density at radius 2 is 1.69 bits per heavy atom. The largest absolute Gasteiger partial charge is 0.369 e. The van der Waals surface area contributed by atoms with Crippen molar-refractivity contribution in [3.05, 3.63) is 100 Å². The Bertz CT molecular complexity index is 1580. The van der Waals surface area contributed by atoms with Crippen molar-refractivity contribution >= 4 is 22.5 Å². The van der Waals surface area contributed by atoms with Crippen molar-refractivity contribution in [2.24, 2.45) is 0 Å². The lowest BCUT2D eigenvalue weighted by atomic mass is 9.98. The number of hydrogen-bond donors (Lipinski definition) is 0. The predicted molar refractivity (Wildman–Crippen MR) is 156 cm³/mol. The molecule has 6 rings (SSSR count). The molecule has 0 spiro atoms. The number of aromatic nitrogens is 1. The van der Waals surface area contributed by atoms with E-state index in [4.69, 9.17) is 0 Å². The number of fused-ring (bicyclic) bond motifs is 3. The number of hydrogen-bond acceptors (Lipinski definition) is 4. The van der Waals surface area contributed by atoms with Gasteiger partial charge in [0, 0.05) is 62.6 Å². The summed E-state index contributed by atoms with van der Waals surface area (Å²) in [5, 5.41) is 10.8. The summed E-state index contributed by atoms with van der Waals surface area (Å²) >= 11 is 0. The highest BCUT2D eigenvalue weighted by Crippen LogP contribution is 2.27. The highest BCUT2D eigenvalue weighted by atomic mass is 16.2. The van der Waals surface area contributed by atoms with Gasteiger partial charge in [0.1, 0.15) is 6.07 Å². The summed E-state index contributed by atoms with van der Waals surface area (Å²) < 4.78 is 2.35. The molecule has 0 bridgehead atoms. The van der Waals surface area contributed by atoms with Crippen LogP contribution < -0.4 is 4.90 Å². The van der Waals surface area contributed by atoms with Gasteiger partial charge in [-0.05, 0) is 72.7 Å². The molecular formula is C33H35N5O. The molecule has 1 amide bonds. The number of rotatable bonds is 4.